The molecule has 1 fully saturated rings. The van der Waals surface area contributed by atoms with E-state index in [-0.39, 0.29) is 11.8 Å². The van der Waals surface area contributed by atoms with Crippen LogP contribution in [0.1, 0.15) is 19.0 Å². The summed E-state index contributed by atoms with van der Waals surface area (Å²) in [5.41, 5.74) is 0.408. The number of rotatable bonds is 3. The van der Waals surface area contributed by atoms with Gasteiger partial charge in [0.15, 0.2) is 0 Å². The van der Waals surface area contributed by atoms with Gasteiger partial charge in [0, 0.05) is 18.7 Å². The lowest BCUT2D eigenvalue weighted by molar-refractivity contribution is -0.385. The van der Waals surface area contributed by atoms with Crippen molar-refractivity contribution in [1.82, 2.24) is 10.3 Å². The molecule has 0 amide bonds. The van der Waals surface area contributed by atoms with Crippen molar-refractivity contribution < 1.29 is 9.66 Å². The van der Waals surface area contributed by atoms with Crippen LogP contribution in [0.4, 0.5) is 5.69 Å². The van der Waals surface area contributed by atoms with Crippen LogP contribution in [0.5, 0.6) is 5.88 Å². The number of aromatic nitrogens is 1. The Balaban J connectivity index is 2.10. The molecule has 0 spiro atoms. The molecular formula is C12H17N3O3. The molecule has 2 heterocycles. The molecule has 1 aromatic heterocycles. The van der Waals surface area contributed by atoms with Gasteiger partial charge in [-0.3, -0.25) is 10.1 Å². The summed E-state index contributed by atoms with van der Waals surface area (Å²) >= 11 is 0. The first-order valence-electron chi connectivity index (χ1n) is 6.07. The fraction of sp³-hybridized carbons (Fsp3) is 0.583. The van der Waals surface area contributed by atoms with Gasteiger partial charge in [-0.05, 0) is 25.8 Å². The molecule has 0 radical (unpaired) electrons. The second-order valence-electron chi connectivity index (χ2n) is 4.64. The smallest absolute Gasteiger partial charge is 0.290 e. The van der Waals surface area contributed by atoms with E-state index in [2.05, 4.69) is 17.2 Å². The molecular weight excluding hydrogens is 234 g/mol. The van der Waals surface area contributed by atoms with Crippen molar-refractivity contribution >= 4 is 5.69 Å². The molecule has 0 bridgehead atoms. The number of piperidine rings is 1. The molecule has 1 aromatic rings. The van der Waals surface area contributed by atoms with Crippen molar-refractivity contribution in [3.63, 3.8) is 0 Å². The van der Waals surface area contributed by atoms with Crippen molar-refractivity contribution in [2.75, 3.05) is 13.1 Å². The molecule has 2 unspecified atom stereocenters. The lowest BCUT2D eigenvalue weighted by Crippen LogP contribution is -2.43. The van der Waals surface area contributed by atoms with Crippen molar-refractivity contribution in [2.24, 2.45) is 5.92 Å². The number of hydrogen-bond donors (Lipinski definition) is 1. The molecule has 2 atom stereocenters. The van der Waals surface area contributed by atoms with Gasteiger partial charge in [-0.2, -0.15) is 0 Å². The highest BCUT2D eigenvalue weighted by atomic mass is 16.6. The van der Waals surface area contributed by atoms with E-state index in [0.29, 0.717) is 17.5 Å². The Morgan fingerprint density at radius 3 is 2.94 bits per heavy atom. The predicted octanol–water partition coefficient (Wildman–Crippen LogP) is 1.68. The first-order chi connectivity index (χ1) is 8.58. The average molecular weight is 251 g/mol. The van der Waals surface area contributed by atoms with Gasteiger partial charge in [-0.1, -0.05) is 6.92 Å². The molecule has 98 valence electrons. The summed E-state index contributed by atoms with van der Waals surface area (Å²) < 4.78 is 5.79. The van der Waals surface area contributed by atoms with Gasteiger partial charge in [0.1, 0.15) is 11.8 Å². The van der Waals surface area contributed by atoms with Crippen LogP contribution >= 0.6 is 0 Å². The van der Waals surface area contributed by atoms with E-state index in [9.17, 15) is 10.1 Å². The molecule has 1 aliphatic rings. The summed E-state index contributed by atoms with van der Waals surface area (Å²) in [4.78, 5) is 14.4. The molecule has 1 aliphatic heterocycles. The first kappa shape index (κ1) is 12.8. The zero-order valence-electron chi connectivity index (χ0n) is 10.5. The summed E-state index contributed by atoms with van der Waals surface area (Å²) in [6.07, 6.45) is 1.14. The lowest BCUT2D eigenvalue weighted by Gasteiger charge is -2.29. The van der Waals surface area contributed by atoms with E-state index in [1.807, 2.05) is 0 Å². The molecule has 0 aromatic carbocycles. The Labute approximate surface area is 106 Å². The highest BCUT2D eigenvalue weighted by molar-refractivity contribution is 5.36. The van der Waals surface area contributed by atoms with Gasteiger partial charge in [0.25, 0.3) is 5.69 Å². The maximum absolute atomic E-state index is 10.7. The number of nitro groups is 1. The van der Waals surface area contributed by atoms with E-state index < -0.39 is 4.92 Å². The lowest BCUT2D eigenvalue weighted by atomic mass is 9.97. The fourth-order valence-corrected chi connectivity index (χ4v) is 2.06. The molecule has 1 N–H and O–H groups in total. The molecule has 2 rings (SSSR count). The Bertz CT molecular complexity index is 450. The number of pyridine rings is 1. The standard InChI is InChI=1S/C12H17N3O3/c1-8-5-6-13-7-11(8)18-12-4-3-10(15(16)17)9(2)14-12/h3-4,8,11,13H,5-7H2,1-2H3. The summed E-state index contributed by atoms with van der Waals surface area (Å²) in [6, 6.07) is 3.01. The zero-order valence-corrected chi connectivity index (χ0v) is 10.5. The normalized spacial score (nSPS) is 23.7. The van der Waals surface area contributed by atoms with E-state index in [0.717, 1.165) is 19.5 Å². The van der Waals surface area contributed by atoms with Gasteiger partial charge in [0.2, 0.25) is 5.88 Å². The van der Waals surface area contributed by atoms with Crippen LogP contribution in [0.25, 0.3) is 0 Å². The third kappa shape index (κ3) is 2.76. The molecule has 18 heavy (non-hydrogen) atoms. The van der Waals surface area contributed by atoms with E-state index in [4.69, 9.17) is 4.74 Å². The maximum Gasteiger partial charge on any atom is 0.290 e. The highest BCUT2D eigenvalue weighted by Crippen LogP contribution is 2.22. The monoisotopic (exact) mass is 251 g/mol. The third-order valence-corrected chi connectivity index (χ3v) is 3.26. The summed E-state index contributed by atoms with van der Waals surface area (Å²) in [6.45, 7) is 5.56. The molecule has 6 heteroatoms. The average Bonchev–Trinajstić information content (AvgIpc) is 2.32. The zero-order chi connectivity index (χ0) is 13.1. The number of nitrogens with zero attached hydrogens (tertiary/aromatic N) is 2. The second kappa shape index (κ2) is 5.30. The van der Waals surface area contributed by atoms with Crippen molar-refractivity contribution in [2.45, 2.75) is 26.4 Å². The molecule has 1 saturated heterocycles. The largest absolute Gasteiger partial charge is 0.473 e. The van der Waals surface area contributed by atoms with Crippen LogP contribution < -0.4 is 10.1 Å². The van der Waals surface area contributed by atoms with Crippen LogP contribution in [0.3, 0.4) is 0 Å². The topological polar surface area (TPSA) is 77.3 Å². The van der Waals surface area contributed by atoms with Gasteiger partial charge in [-0.25, -0.2) is 4.98 Å². The minimum atomic E-state index is -0.434. The Morgan fingerprint density at radius 1 is 1.56 bits per heavy atom. The van der Waals surface area contributed by atoms with Crippen LogP contribution in [0, 0.1) is 23.0 Å². The highest BCUT2D eigenvalue weighted by Gasteiger charge is 2.23. The Hall–Kier alpha value is -1.69. The van der Waals surface area contributed by atoms with Crippen molar-refractivity contribution in [3.8, 4) is 5.88 Å². The minimum Gasteiger partial charge on any atom is -0.473 e. The number of aryl methyl sites for hydroxylation is 1. The predicted molar refractivity (Wildman–Crippen MR) is 66.7 cm³/mol. The van der Waals surface area contributed by atoms with E-state index >= 15 is 0 Å². The quantitative estimate of drug-likeness (QED) is 0.653. The van der Waals surface area contributed by atoms with Crippen LogP contribution in [0.15, 0.2) is 12.1 Å². The molecule has 6 nitrogen and oxygen atoms in total. The summed E-state index contributed by atoms with van der Waals surface area (Å²) in [5, 5.41) is 14.0. The second-order valence-corrected chi connectivity index (χ2v) is 4.64. The van der Waals surface area contributed by atoms with Gasteiger partial charge in [-0.15, -0.1) is 0 Å². The van der Waals surface area contributed by atoms with Crippen LogP contribution in [0.2, 0.25) is 0 Å². The summed E-state index contributed by atoms with van der Waals surface area (Å²) in [7, 11) is 0. The summed E-state index contributed by atoms with van der Waals surface area (Å²) in [5.74, 6) is 0.919. The number of nitrogens with one attached hydrogen (secondary N) is 1. The number of ether oxygens (including phenoxy) is 1. The molecule has 0 aliphatic carbocycles. The van der Waals surface area contributed by atoms with Crippen LogP contribution in [-0.4, -0.2) is 29.1 Å². The van der Waals surface area contributed by atoms with Gasteiger partial charge >= 0.3 is 0 Å². The van der Waals surface area contributed by atoms with E-state index in [1.165, 1.54) is 6.07 Å². The third-order valence-electron chi connectivity index (χ3n) is 3.26. The fourth-order valence-electron chi connectivity index (χ4n) is 2.06. The minimum absolute atomic E-state index is 0.0252. The Morgan fingerprint density at radius 2 is 2.33 bits per heavy atom. The Kier molecular flexibility index (Phi) is 3.76. The maximum atomic E-state index is 10.7. The van der Waals surface area contributed by atoms with Crippen molar-refractivity contribution in [3.05, 3.63) is 27.9 Å². The molecule has 0 saturated carbocycles. The first-order valence-corrected chi connectivity index (χ1v) is 6.07. The van der Waals surface area contributed by atoms with Crippen LogP contribution in [-0.2, 0) is 0 Å². The SMILES string of the molecule is Cc1nc(OC2CNCCC2C)ccc1[N+](=O)[O-]. The van der Waals surface area contributed by atoms with E-state index in [1.54, 1.807) is 13.0 Å². The number of hydrogen-bond acceptors (Lipinski definition) is 5. The van der Waals surface area contributed by atoms with Gasteiger partial charge in [0.05, 0.1) is 4.92 Å². The van der Waals surface area contributed by atoms with Crippen molar-refractivity contribution in [1.29, 1.82) is 0 Å². The van der Waals surface area contributed by atoms with Gasteiger partial charge < -0.3 is 10.1 Å².